The molecule has 1 heterocycles. The van der Waals surface area contributed by atoms with Gasteiger partial charge in [0.25, 0.3) is 6.01 Å². The monoisotopic (exact) mass is 298 g/mol. The van der Waals surface area contributed by atoms with Crippen LogP contribution in [0.4, 0.5) is 24.9 Å². The standard InChI is InChI=1S/C13H6ClF3N2O/c14-7-5-6(1-2-8(7)15)18-13-19-12-10(20-13)4-3-9(16)11(12)17/h1-5H,(H,18,19). The molecular weight excluding hydrogens is 293 g/mol. The second kappa shape index (κ2) is 4.72. The Bertz CT molecular complexity index is 804. The molecule has 3 aromatic rings. The van der Waals surface area contributed by atoms with Gasteiger partial charge in [-0.15, -0.1) is 0 Å². The number of fused-ring (bicyclic) bond motifs is 1. The maximum Gasteiger partial charge on any atom is 0.300 e. The number of rotatable bonds is 2. The van der Waals surface area contributed by atoms with E-state index in [-0.39, 0.29) is 22.1 Å². The number of nitrogens with one attached hydrogen (secondary N) is 1. The molecule has 0 spiro atoms. The topological polar surface area (TPSA) is 38.1 Å². The van der Waals surface area contributed by atoms with E-state index in [4.69, 9.17) is 16.0 Å². The fraction of sp³-hybridized carbons (Fsp3) is 0. The fourth-order valence-electron chi connectivity index (χ4n) is 1.69. The Balaban J connectivity index is 1.98. The van der Waals surface area contributed by atoms with Crippen LogP contribution in [0.5, 0.6) is 0 Å². The number of benzene rings is 2. The second-order valence-corrected chi connectivity index (χ2v) is 4.39. The van der Waals surface area contributed by atoms with E-state index in [2.05, 4.69) is 10.3 Å². The highest BCUT2D eigenvalue weighted by atomic mass is 35.5. The summed E-state index contributed by atoms with van der Waals surface area (Å²) in [5, 5.41) is 2.61. The largest absolute Gasteiger partial charge is 0.423 e. The van der Waals surface area contributed by atoms with E-state index in [1.807, 2.05) is 0 Å². The summed E-state index contributed by atoms with van der Waals surface area (Å²) < 4.78 is 44.7. The summed E-state index contributed by atoms with van der Waals surface area (Å²) >= 11 is 5.63. The van der Waals surface area contributed by atoms with Crippen molar-refractivity contribution in [2.45, 2.75) is 0 Å². The van der Waals surface area contributed by atoms with Crippen molar-refractivity contribution >= 4 is 34.4 Å². The smallest absolute Gasteiger partial charge is 0.300 e. The van der Waals surface area contributed by atoms with Gasteiger partial charge in [-0.25, -0.2) is 13.2 Å². The highest BCUT2D eigenvalue weighted by molar-refractivity contribution is 6.31. The van der Waals surface area contributed by atoms with E-state index in [0.29, 0.717) is 5.69 Å². The molecule has 0 aliphatic rings. The van der Waals surface area contributed by atoms with Crippen molar-refractivity contribution in [1.29, 1.82) is 0 Å². The highest BCUT2D eigenvalue weighted by Gasteiger charge is 2.14. The minimum Gasteiger partial charge on any atom is -0.423 e. The van der Waals surface area contributed by atoms with E-state index in [1.165, 1.54) is 18.2 Å². The van der Waals surface area contributed by atoms with Gasteiger partial charge < -0.3 is 9.73 Å². The van der Waals surface area contributed by atoms with Crippen LogP contribution in [-0.4, -0.2) is 4.98 Å². The Labute approximate surface area is 116 Å². The number of oxazole rings is 1. The number of hydrogen-bond donors (Lipinski definition) is 1. The molecule has 0 radical (unpaired) electrons. The van der Waals surface area contributed by atoms with Crippen LogP contribution < -0.4 is 5.32 Å². The predicted octanol–water partition coefficient (Wildman–Crippen LogP) is 4.64. The highest BCUT2D eigenvalue weighted by Crippen LogP contribution is 2.27. The van der Waals surface area contributed by atoms with Crippen LogP contribution in [0, 0.1) is 17.5 Å². The summed E-state index contributed by atoms with van der Waals surface area (Å²) in [5.41, 5.74) is 0.282. The van der Waals surface area contributed by atoms with Crippen LogP contribution >= 0.6 is 11.6 Å². The minimum absolute atomic E-state index is 0.0489. The SMILES string of the molecule is Fc1ccc(Nc2nc3c(F)c(F)ccc3o2)cc1Cl. The zero-order valence-electron chi connectivity index (χ0n) is 9.75. The average molecular weight is 299 g/mol. The van der Waals surface area contributed by atoms with Crippen LogP contribution in [0.25, 0.3) is 11.1 Å². The van der Waals surface area contributed by atoms with Crippen LogP contribution in [0.15, 0.2) is 34.7 Å². The molecular formula is C13H6ClF3N2O. The van der Waals surface area contributed by atoms with Gasteiger partial charge in [0, 0.05) is 5.69 Å². The number of halogens is 4. The van der Waals surface area contributed by atoms with Gasteiger partial charge in [-0.05, 0) is 30.3 Å². The van der Waals surface area contributed by atoms with Gasteiger partial charge in [-0.1, -0.05) is 11.6 Å². The van der Waals surface area contributed by atoms with E-state index in [9.17, 15) is 13.2 Å². The second-order valence-electron chi connectivity index (χ2n) is 3.98. The van der Waals surface area contributed by atoms with Crippen molar-refractivity contribution < 1.29 is 17.6 Å². The van der Waals surface area contributed by atoms with Crippen LogP contribution in [-0.2, 0) is 0 Å². The van der Waals surface area contributed by atoms with Crippen LogP contribution in [0.1, 0.15) is 0 Å². The lowest BCUT2D eigenvalue weighted by Crippen LogP contribution is -1.91. The molecule has 0 unspecified atom stereocenters. The number of hydrogen-bond acceptors (Lipinski definition) is 3. The van der Waals surface area contributed by atoms with Gasteiger partial charge in [0.15, 0.2) is 22.7 Å². The van der Waals surface area contributed by atoms with Crippen molar-refractivity contribution in [3.63, 3.8) is 0 Å². The number of aromatic nitrogens is 1. The van der Waals surface area contributed by atoms with Crippen molar-refractivity contribution in [2.75, 3.05) is 5.32 Å². The molecule has 0 fully saturated rings. The van der Waals surface area contributed by atoms with E-state index >= 15 is 0 Å². The molecule has 3 rings (SSSR count). The molecule has 3 nitrogen and oxygen atoms in total. The van der Waals surface area contributed by atoms with E-state index < -0.39 is 17.5 Å². The maximum atomic E-state index is 13.5. The molecule has 7 heteroatoms. The van der Waals surface area contributed by atoms with Gasteiger partial charge in [-0.3, -0.25) is 0 Å². The summed E-state index contributed by atoms with van der Waals surface area (Å²) in [5.74, 6) is -2.67. The number of nitrogens with zero attached hydrogens (tertiary/aromatic N) is 1. The van der Waals surface area contributed by atoms with Gasteiger partial charge in [0.1, 0.15) is 5.82 Å². The van der Waals surface area contributed by atoms with Crippen LogP contribution in [0.3, 0.4) is 0 Å². The van der Waals surface area contributed by atoms with Crippen molar-refractivity contribution in [2.24, 2.45) is 0 Å². The first-order valence-electron chi connectivity index (χ1n) is 5.51. The molecule has 2 aromatic carbocycles. The van der Waals surface area contributed by atoms with E-state index in [0.717, 1.165) is 12.1 Å². The molecule has 0 saturated heterocycles. The summed E-state index contributed by atoms with van der Waals surface area (Å²) in [4.78, 5) is 3.79. The minimum atomic E-state index is -1.09. The normalized spacial score (nSPS) is 11.0. The summed E-state index contributed by atoms with van der Waals surface area (Å²) in [6.45, 7) is 0. The molecule has 0 amide bonds. The summed E-state index contributed by atoms with van der Waals surface area (Å²) in [6.07, 6.45) is 0. The molecule has 0 bridgehead atoms. The van der Waals surface area contributed by atoms with Gasteiger partial charge in [0.05, 0.1) is 5.02 Å². The van der Waals surface area contributed by atoms with Gasteiger partial charge >= 0.3 is 0 Å². The Morgan fingerprint density at radius 3 is 2.55 bits per heavy atom. The molecule has 1 N–H and O–H groups in total. The molecule has 0 saturated carbocycles. The lowest BCUT2D eigenvalue weighted by molar-refractivity contribution is 0.514. The first kappa shape index (κ1) is 12.8. The van der Waals surface area contributed by atoms with Gasteiger partial charge in [0.2, 0.25) is 0 Å². The zero-order chi connectivity index (χ0) is 14.3. The third-order valence-electron chi connectivity index (χ3n) is 2.62. The molecule has 0 atom stereocenters. The Morgan fingerprint density at radius 2 is 1.80 bits per heavy atom. The summed E-state index contributed by atoms with van der Waals surface area (Å²) in [7, 11) is 0. The first-order valence-corrected chi connectivity index (χ1v) is 5.89. The third kappa shape index (κ3) is 2.18. The zero-order valence-corrected chi connectivity index (χ0v) is 10.5. The quantitative estimate of drug-likeness (QED) is 0.749. The Kier molecular flexibility index (Phi) is 3.02. The van der Waals surface area contributed by atoms with Crippen LogP contribution in [0.2, 0.25) is 5.02 Å². The lowest BCUT2D eigenvalue weighted by atomic mass is 10.3. The Morgan fingerprint density at radius 1 is 1.05 bits per heavy atom. The lowest BCUT2D eigenvalue weighted by Gasteiger charge is -2.02. The molecule has 1 aromatic heterocycles. The number of anilines is 2. The van der Waals surface area contributed by atoms with E-state index in [1.54, 1.807) is 0 Å². The summed E-state index contributed by atoms with van der Waals surface area (Å²) in [6, 6.07) is 6.06. The third-order valence-corrected chi connectivity index (χ3v) is 2.91. The Hall–Kier alpha value is -2.21. The molecule has 20 heavy (non-hydrogen) atoms. The molecule has 0 aliphatic carbocycles. The predicted molar refractivity (Wildman–Crippen MR) is 68.6 cm³/mol. The first-order chi connectivity index (χ1) is 9.54. The fourth-order valence-corrected chi connectivity index (χ4v) is 1.87. The molecule has 0 aliphatic heterocycles. The van der Waals surface area contributed by atoms with Gasteiger partial charge in [-0.2, -0.15) is 4.98 Å². The van der Waals surface area contributed by atoms with Crippen molar-refractivity contribution in [3.05, 3.63) is 52.8 Å². The average Bonchev–Trinajstić information content (AvgIpc) is 2.82. The van der Waals surface area contributed by atoms with Crippen molar-refractivity contribution in [3.8, 4) is 0 Å². The van der Waals surface area contributed by atoms with Crippen molar-refractivity contribution in [1.82, 2.24) is 4.98 Å². The maximum absolute atomic E-state index is 13.5. The molecule has 102 valence electrons.